The van der Waals surface area contributed by atoms with Crippen LogP contribution >= 0.6 is 11.6 Å². The molecule has 3 nitrogen and oxygen atoms in total. The number of ketones is 1. The predicted molar refractivity (Wildman–Crippen MR) is 59.5 cm³/mol. The summed E-state index contributed by atoms with van der Waals surface area (Å²) in [5.74, 6) is 0.0335. The smallest absolute Gasteiger partial charge is 0.254 e. The number of alkyl halides is 1. The zero-order valence-electron chi connectivity index (χ0n) is 8.52. The summed E-state index contributed by atoms with van der Waals surface area (Å²) in [5.41, 5.74) is 1.58. The summed E-state index contributed by atoms with van der Waals surface area (Å²) in [7, 11) is 0. The van der Waals surface area contributed by atoms with Gasteiger partial charge in [-0.2, -0.15) is 0 Å². The lowest BCUT2D eigenvalue weighted by Crippen LogP contribution is -2.43. The first-order valence-corrected chi connectivity index (χ1v) is 5.70. The fraction of sp³-hybridized carbons (Fsp3) is 0.333. The highest BCUT2D eigenvalue weighted by molar-refractivity contribution is 6.32. The van der Waals surface area contributed by atoms with E-state index in [-0.39, 0.29) is 17.7 Å². The second-order valence-electron chi connectivity index (χ2n) is 4.15. The Labute approximate surface area is 98.0 Å². The maximum Gasteiger partial charge on any atom is 0.254 e. The zero-order chi connectivity index (χ0) is 11.3. The Morgan fingerprint density at radius 2 is 2.00 bits per heavy atom. The van der Waals surface area contributed by atoms with E-state index in [1.54, 1.807) is 11.0 Å². The molecule has 0 saturated carbocycles. The number of carbonyl (C=O) groups excluding carboxylic acids is 2. The Hall–Kier alpha value is -1.35. The summed E-state index contributed by atoms with van der Waals surface area (Å²) in [6, 6.07) is 7.13. The Bertz CT molecular complexity index is 486. The molecule has 2 heterocycles. The number of Topliss-reactive ketones (excluding diaryl/α,β-unsaturated/α-hetero) is 1. The van der Waals surface area contributed by atoms with Crippen LogP contribution in [0, 0.1) is 0 Å². The van der Waals surface area contributed by atoms with Gasteiger partial charge in [-0.15, -0.1) is 11.6 Å². The largest absolute Gasteiger partial charge is 0.329 e. The van der Waals surface area contributed by atoms with Crippen LogP contribution in [-0.4, -0.2) is 28.5 Å². The first-order valence-electron chi connectivity index (χ1n) is 5.27. The highest BCUT2D eigenvalue weighted by atomic mass is 35.5. The van der Waals surface area contributed by atoms with Gasteiger partial charge in [0.25, 0.3) is 5.91 Å². The number of hydrogen-bond acceptors (Lipinski definition) is 2. The quantitative estimate of drug-likeness (QED) is 0.643. The summed E-state index contributed by atoms with van der Waals surface area (Å²) >= 11 is 6.12. The Kier molecular flexibility index (Phi) is 2.04. The third-order valence-corrected chi connectivity index (χ3v) is 3.77. The number of piperidine rings is 1. The van der Waals surface area contributed by atoms with Crippen LogP contribution in [0.5, 0.6) is 0 Å². The van der Waals surface area contributed by atoms with Crippen LogP contribution in [0.15, 0.2) is 24.3 Å². The Morgan fingerprint density at radius 1 is 1.25 bits per heavy atom. The molecule has 16 heavy (non-hydrogen) atoms. The number of halogens is 1. The van der Waals surface area contributed by atoms with E-state index in [4.69, 9.17) is 11.6 Å². The van der Waals surface area contributed by atoms with Crippen LogP contribution in [0.2, 0.25) is 0 Å². The second kappa shape index (κ2) is 3.32. The molecule has 2 aliphatic rings. The Morgan fingerprint density at radius 3 is 2.81 bits per heavy atom. The van der Waals surface area contributed by atoms with Gasteiger partial charge in [0.05, 0.1) is 6.04 Å². The van der Waals surface area contributed by atoms with E-state index in [0.717, 1.165) is 5.56 Å². The van der Waals surface area contributed by atoms with Crippen LogP contribution in [0.1, 0.15) is 28.4 Å². The molecule has 82 valence electrons. The van der Waals surface area contributed by atoms with Gasteiger partial charge in [0, 0.05) is 18.5 Å². The van der Waals surface area contributed by atoms with E-state index in [2.05, 4.69) is 0 Å². The van der Waals surface area contributed by atoms with Gasteiger partial charge in [-0.05, 0) is 11.6 Å². The minimum absolute atomic E-state index is 0.00116. The van der Waals surface area contributed by atoms with Crippen LogP contribution in [0.25, 0.3) is 0 Å². The molecule has 0 radical (unpaired) electrons. The van der Waals surface area contributed by atoms with Crippen molar-refractivity contribution < 1.29 is 9.59 Å². The fourth-order valence-electron chi connectivity index (χ4n) is 2.50. The number of benzene rings is 1. The summed E-state index contributed by atoms with van der Waals surface area (Å²) in [5, 5.41) is -0.596. The molecular formula is C12H10ClNO2. The van der Waals surface area contributed by atoms with Crippen molar-refractivity contribution in [2.45, 2.75) is 17.8 Å². The molecule has 0 spiro atoms. The normalized spacial score (nSPS) is 27.9. The number of carbonyl (C=O) groups is 2. The van der Waals surface area contributed by atoms with E-state index in [1.165, 1.54) is 0 Å². The predicted octanol–water partition coefficient (Wildman–Crippen LogP) is 1.76. The maximum atomic E-state index is 12.0. The summed E-state index contributed by atoms with van der Waals surface area (Å²) in [4.78, 5) is 25.3. The molecule has 0 aliphatic carbocycles. The van der Waals surface area contributed by atoms with Gasteiger partial charge in [-0.25, -0.2) is 0 Å². The molecule has 0 bridgehead atoms. The summed E-state index contributed by atoms with van der Waals surface area (Å²) < 4.78 is 0. The van der Waals surface area contributed by atoms with Crippen molar-refractivity contribution in [3.8, 4) is 0 Å². The van der Waals surface area contributed by atoms with Crippen molar-refractivity contribution in [1.29, 1.82) is 0 Å². The monoisotopic (exact) mass is 235 g/mol. The van der Waals surface area contributed by atoms with Gasteiger partial charge in [-0.1, -0.05) is 18.2 Å². The van der Waals surface area contributed by atoms with Crippen LogP contribution in [-0.2, 0) is 4.79 Å². The molecule has 0 N–H and O–H groups in total. The van der Waals surface area contributed by atoms with E-state index in [9.17, 15) is 9.59 Å². The third-order valence-electron chi connectivity index (χ3n) is 3.29. The lowest BCUT2D eigenvalue weighted by molar-refractivity contribution is -0.121. The number of amides is 1. The number of rotatable bonds is 0. The van der Waals surface area contributed by atoms with E-state index >= 15 is 0 Å². The van der Waals surface area contributed by atoms with E-state index < -0.39 is 5.38 Å². The molecular weight excluding hydrogens is 226 g/mol. The van der Waals surface area contributed by atoms with Crippen molar-refractivity contribution in [3.63, 3.8) is 0 Å². The van der Waals surface area contributed by atoms with E-state index in [1.807, 2.05) is 18.2 Å². The first-order chi connectivity index (χ1) is 7.70. The molecule has 1 aromatic carbocycles. The summed E-state index contributed by atoms with van der Waals surface area (Å²) in [6.45, 7) is 0.486. The molecule has 0 aromatic heterocycles. The molecule has 1 amide bonds. The number of fused-ring (bicyclic) bond motifs is 3. The molecule has 3 rings (SSSR count). The van der Waals surface area contributed by atoms with Gasteiger partial charge >= 0.3 is 0 Å². The minimum Gasteiger partial charge on any atom is -0.329 e. The second-order valence-corrected chi connectivity index (χ2v) is 4.62. The van der Waals surface area contributed by atoms with E-state index in [0.29, 0.717) is 18.5 Å². The van der Waals surface area contributed by atoms with Gasteiger partial charge in [0.1, 0.15) is 5.38 Å². The minimum atomic E-state index is -0.596. The average molecular weight is 236 g/mol. The number of nitrogens with zero attached hydrogens (tertiary/aromatic N) is 1. The van der Waals surface area contributed by atoms with Crippen molar-refractivity contribution in [1.82, 2.24) is 4.90 Å². The molecule has 1 saturated heterocycles. The molecule has 1 aromatic rings. The summed E-state index contributed by atoms with van der Waals surface area (Å²) in [6.07, 6.45) is 0.365. The van der Waals surface area contributed by atoms with Gasteiger partial charge in [0.2, 0.25) is 0 Å². The molecule has 2 atom stereocenters. The lowest BCUT2D eigenvalue weighted by Gasteiger charge is -2.32. The highest BCUT2D eigenvalue weighted by Crippen LogP contribution is 2.40. The van der Waals surface area contributed by atoms with Gasteiger partial charge < -0.3 is 4.90 Å². The number of hydrogen-bond donors (Lipinski definition) is 0. The van der Waals surface area contributed by atoms with Crippen LogP contribution in [0.3, 0.4) is 0 Å². The standard InChI is InChI=1S/C12H10ClNO2/c13-10-9(15)5-6-14-11(10)7-3-1-2-4-8(7)12(14)16/h1-4,10-11H,5-6H2. The molecule has 1 fully saturated rings. The van der Waals surface area contributed by atoms with Crippen molar-refractivity contribution in [3.05, 3.63) is 35.4 Å². The van der Waals surface area contributed by atoms with Crippen LogP contribution < -0.4 is 0 Å². The lowest BCUT2D eigenvalue weighted by atomic mass is 9.96. The third kappa shape index (κ3) is 1.15. The van der Waals surface area contributed by atoms with Gasteiger partial charge in [0.15, 0.2) is 5.78 Å². The van der Waals surface area contributed by atoms with Gasteiger partial charge in [-0.3, -0.25) is 9.59 Å². The maximum absolute atomic E-state index is 12.0. The van der Waals surface area contributed by atoms with Crippen LogP contribution in [0.4, 0.5) is 0 Å². The van der Waals surface area contributed by atoms with Crippen molar-refractivity contribution >= 4 is 23.3 Å². The average Bonchev–Trinajstić information content (AvgIpc) is 2.59. The topological polar surface area (TPSA) is 37.4 Å². The Balaban J connectivity index is 2.13. The van der Waals surface area contributed by atoms with Crippen molar-refractivity contribution in [2.75, 3.05) is 6.54 Å². The first kappa shape index (κ1) is 9.85. The van der Waals surface area contributed by atoms with Crippen molar-refractivity contribution in [2.24, 2.45) is 0 Å². The molecule has 4 heteroatoms. The molecule has 2 unspecified atom stereocenters. The SMILES string of the molecule is O=C1CCN2C(=O)c3ccccc3C2C1Cl. The fourth-order valence-corrected chi connectivity index (χ4v) is 2.88. The highest BCUT2D eigenvalue weighted by Gasteiger charge is 2.45. The molecule has 2 aliphatic heterocycles. The zero-order valence-corrected chi connectivity index (χ0v) is 9.28.